The number of nitrogens with one attached hydrogen (secondary N) is 1. The summed E-state index contributed by atoms with van der Waals surface area (Å²) in [7, 11) is 0. The van der Waals surface area contributed by atoms with Crippen LogP contribution < -0.4 is 0 Å². The number of aromatic amines is 1. The smallest absolute Gasteiger partial charge is 0.327 e. The van der Waals surface area contributed by atoms with Gasteiger partial charge in [0.25, 0.3) is 5.91 Å². The Hall–Kier alpha value is -2.44. The monoisotopic (exact) mass is 331 g/mol. The number of carbonyl (C=O) groups excluding carboxylic acids is 4. The summed E-state index contributed by atoms with van der Waals surface area (Å²) in [6, 6.07) is -0.242. The van der Waals surface area contributed by atoms with E-state index in [9.17, 15) is 19.2 Å². The maximum Gasteiger partial charge on any atom is 0.327 e. The molecule has 7 nitrogen and oxygen atoms in total. The van der Waals surface area contributed by atoms with Gasteiger partial charge in [0.2, 0.25) is 0 Å². The molecule has 3 rings (SSSR count). The van der Waals surface area contributed by atoms with Crippen molar-refractivity contribution in [2.45, 2.75) is 46.1 Å². The van der Waals surface area contributed by atoms with Gasteiger partial charge < -0.3 is 9.88 Å². The molecule has 1 saturated carbocycles. The molecule has 2 aliphatic rings. The molecule has 2 heterocycles. The van der Waals surface area contributed by atoms with Crippen LogP contribution in [0.1, 0.15) is 58.8 Å². The Morgan fingerprint density at radius 1 is 1.25 bits per heavy atom. The van der Waals surface area contributed by atoms with Crippen molar-refractivity contribution in [1.29, 1.82) is 0 Å². The maximum atomic E-state index is 12.6. The van der Waals surface area contributed by atoms with Crippen LogP contribution in [0.4, 0.5) is 4.79 Å². The molecule has 1 aromatic rings. The average molecular weight is 331 g/mol. The zero-order valence-corrected chi connectivity index (χ0v) is 14.1. The van der Waals surface area contributed by atoms with Crippen molar-refractivity contribution in [3.63, 3.8) is 0 Å². The summed E-state index contributed by atoms with van der Waals surface area (Å²) in [5.74, 6) is -0.789. The maximum absolute atomic E-state index is 12.6. The quantitative estimate of drug-likeness (QED) is 0.634. The molecule has 1 aromatic heterocycles. The molecule has 1 aliphatic carbocycles. The number of rotatable bonds is 6. The second kappa shape index (κ2) is 5.89. The third-order valence-corrected chi connectivity index (χ3v) is 4.65. The van der Waals surface area contributed by atoms with E-state index in [1.807, 2.05) is 6.92 Å². The predicted octanol–water partition coefficient (Wildman–Crippen LogP) is 1.70. The van der Waals surface area contributed by atoms with Gasteiger partial charge in [-0.3, -0.25) is 19.3 Å². The minimum atomic E-state index is -0.385. The standard InChI is InChI=1S/C17H21N3O4/c1-4-12-15(10(3)21)9(2)18-16(12)13(22)7-20-14(23)8-19(17(20)24)11-5-6-11/h11,18H,4-8H2,1-3H3. The fourth-order valence-corrected chi connectivity index (χ4v) is 3.36. The first-order chi connectivity index (χ1) is 11.3. The first kappa shape index (κ1) is 16.4. The summed E-state index contributed by atoms with van der Waals surface area (Å²) >= 11 is 0. The van der Waals surface area contributed by atoms with Crippen LogP contribution in [-0.2, 0) is 11.2 Å². The van der Waals surface area contributed by atoms with Crippen LogP contribution >= 0.6 is 0 Å². The van der Waals surface area contributed by atoms with Crippen molar-refractivity contribution < 1.29 is 19.2 Å². The summed E-state index contributed by atoms with van der Waals surface area (Å²) in [6.07, 6.45) is 2.35. The number of imide groups is 1. The Bertz CT molecular complexity index is 745. The van der Waals surface area contributed by atoms with E-state index in [1.165, 1.54) is 11.8 Å². The van der Waals surface area contributed by atoms with E-state index in [-0.39, 0.29) is 42.6 Å². The highest BCUT2D eigenvalue weighted by Crippen LogP contribution is 2.30. The fourth-order valence-electron chi connectivity index (χ4n) is 3.36. The van der Waals surface area contributed by atoms with Gasteiger partial charge in [-0.05, 0) is 38.7 Å². The SMILES string of the molecule is CCc1c(C(=O)CN2C(=O)CN(C3CC3)C2=O)[nH]c(C)c1C(C)=O. The van der Waals surface area contributed by atoms with Gasteiger partial charge >= 0.3 is 6.03 Å². The number of urea groups is 1. The van der Waals surface area contributed by atoms with Crippen LogP contribution in [-0.4, -0.2) is 57.4 Å². The largest absolute Gasteiger partial charge is 0.355 e. The van der Waals surface area contributed by atoms with Crippen molar-refractivity contribution >= 4 is 23.5 Å². The number of Topliss-reactive ketones (excluding diaryl/α,β-unsaturated/α-hetero) is 2. The second-order valence-electron chi connectivity index (χ2n) is 6.43. The number of H-pyrrole nitrogens is 1. The van der Waals surface area contributed by atoms with E-state index in [0.29, 0.717) is 28.9 Å². The first-order valence-corrected chi connectivity index (χ1v) is 8.21. The lowest BCUT2D eigenvalue weighted by atomic mass is 10.0. The third-order valence-electron chi connectivity index (χ3n) is 4.65. The van der Waals surface area contributed by atoms with Gasteiger partial charge in [0, 0.05) is 17.3 Å². The van der Waals surface area contributed by atoms with Gasteiger partial charge in [0.1, 0.15) is 6.54 Å². The van der Waals surface area contributed by atoms with Crippen molar-refractivity contribution in [2.75, 3.05) is 13.1 Å². The summed E-state index contributed by atoms with van der Waals surface area (Å²) in [5.41, 5.74) is 2.15. The average Bonchev–Trinajstić information content (AvgIpc) is 3.25. The van der Waals surface area contributed by atoms with Crippen LogP contribution in [0.5, 0.6) is 0 Å². The van der Waals surface area contributed by atoms with Gasteiger partial charge in [-0.25, -0.2) is 4.79 Å². The molecule has 3 amide bonds. The highest BCUT2D eigenvalue weighted by Gasteiger charge is 2.44. The third kappa shape index (κ3) is 2.64. The molecule has 0 spiro atoms. The lowest BCUT2D eigenvalue weighted by Gasteiger charge is -2.15. The van der Waals surface area contributed by atoms with Crippen LogP contribution in [0.25, 0.3) is 0 Å². The molecule has 0 radical (unpaired) electrons. The number of nitrogens with zero attached hydrogens (tertiary/aromatic N) is 2. The molecule has 2 fully saturated rings. The van der Waals surface area contributed by atoms with E-state index in [4.69, 9.17) is 0 Å². The Morgan fingerprint density at radius 3 is 2.46 bits per heavy atom. The number of carbonyl (C=O) groups is 4. The molecular formula is C17H21N3O4. The molecule has 0 bridgehead atoms. The molecular weight excluding hydrogens is 310 g/mol. The van der Waals surface area contributed by atoms with E-state index >= 15 is 0 Å². The van der Waals surface area contributed by atoms with Gasteiger partial charge in [-0.2, -0.15) is 0 Å². The minimum Gasteiger partial charge on any atom is -0.355 e. The molecule has 0 aromatic carbocycles. The van der Waals surface area contributed by atoms with Crippen molar-refractivity contribution in [3.05, 3.63) is 22.5 Å². The number of ketones is 2. The summed E-state index contributed by atoms with van der Waals surface area (Å²) < 4.78 is 0. The Morgan fingerprint density at radius 2 is 1.92 bits per heavy atom. The lowest BCUT2D eigenvalue weighted by Crippen LogP contribution is -2.37. The molecule has 1 saturated heterocycles. The molecule has 0 atom stereocenters. The van der Waals surface area contributed by atoms with E-state index in [2.05, 4.69) is 4.98 Å². The summed E-state index contributed by atoms with van der Waals surface area (Å²) in [5, 5.41) is 0. The molecule has 0 unspecified atom stereocenters. The number of hydrogen-bond acceptors (Lipinski definition) is 4. The van der Waals surface area contributed by atoms with Crippen molar-refractivity contribution in [3.8, 4) is 0 Å². The highest BCUT2D eigenvalue weighted by molar-refractivity contribution is 6.09. The number of amides is 3. The molecule has 128 valence electrons. The van der Waals surface area contributed by atoms with Gasteiger partial charge in [-0.1, -0.05) is 6.92 Å². The Kier molecular flexibility index (Phi) is 4.03. The van der Waals surface area contributed by atoms with Crippen molar-refractivity contribution in [1.82, 2.24) is 14.8 Å². The van der Waals surface area contributed by atoms with Crippen LogP contribution in [0.3, 0.4) is 0 Å². The zero-order chi connectivity index (χ0) is 17.6. The van der Waals surface area contributed by atoms with E-state index in [1.54, 1.807) is 6.92 Å². The Balaban J connectivity index is 1.83. The highest BCUT2D eigenvalue weighted by atomic mass is 16.2. The molecule has 1 N–H and O–H groups in total. The predicted molar refractivity (Wildman–Crippen MR) is 86.1 cm³/mol. The number of aryl methyl sites for hydroxylation is 1. The van der Waals surface area contributed by atoms with Gasteiger partial charge in [-0.15, -0.1) is 0 Å². The fraction of sp³-hybridized carbons (Fsp3) is 0.529. The van der Waals surface area contributed by atoms with Gasteiger partial charge in [0.15, 0.2) is 11.6 Å². The molecule has 7 heteroatoms. The first-order valence-electron chi connectivity index (χ1n) is 8.21. The van der Waals surface area contributed by atoms with Crippen LogP contribution in [0, 0.1) is 6.92 Å². The van der Waals surface area contributed by atoms with Crippen molar-refractivity contribution in [2.24, 2.45) is 0 Å². The number of hydrogen-bond donors (Lipinski definition) is 1. The van der Waals surface area contributed by atoms with Gasteiger partial charge in [0.05, 0.1) is 12.2 Å². The lowest BCUT2D eigenvalue weighted by molar-refractivity contribution is -0.125. The zero-order valence-electron chi connectivity index (χ0n) is 14.1. The molecule has 1 aliphatic heterocycles. The summed E-state index contributed by atoms with van der Waals surface area (Å²) in [4.78, 5) is 54.4. The van der Waals surface area contributed by atoms with Crippen LogP contribution in [0.15, 0.2) is 0 Å². The normalized spacial score (nSPS) is 17.8. The summed E-state index contributed by atoms with van der Waals surface area (Å²) in [6.45, 7) is 4.84. The van der Waals surface area contributed by atoms with Crippen LogP contribution in [0.2, 0.25) is 0 Å². The minimum absolute atomic E-state index is 0.0554. The topological polar surface area (TPSA) is 90.6 Å². The second-order valence-corrected chi connectivity index (χ2v) is 6.43. The number of aromatic nitrogens is 1. The Labute approximate surface area is 140 Å². The molecule has 24 heavy (non-hydrogen) atoms. The van der Waals surface area contributed by atoms with E-state index < -0.39 is 0 Å². The van der Waals surface area contributed by atoms with E-state index in [0.717, 1.165) is 17.7 Å².